The zero-order valence-corrected chi connectivity index (χ0v) is 15.9. The lowest BCUT2D eigenvalue weighted by molar-refractivity contribution is -0.117. The van der Waals surface area contributed by atoms with Gasteiger partial charge in [0.25, 0.3) is 0 Å². The zero-order chi connectivity index (χ0) is 19.7. The lowest BCUT2D eigenvalue weighted by atomic mass is 10.0. The van der Waals surface area contributed by atoms with Crippen LogP contribution in [0.5, 0.6) is 5.75 Å². The Bertz CT molecular complexity index is 1040. The maximum atomic E-state index is 12.9. The number of carbonyl (C=O) groups excluding carboxylic acids is 2. The summed E-state index contributed by atoms with van der Waals surface area (Å²) in [6.07, 6.45) is 0.681. The predicted molar refractivity (Wildman–Crippen MR) is 108 cm³/mol. The van der Waals surface area contributed by atoms with Crippen LogP contribution in [-0.4, -0.2) is 23.4 Å². The minimum absolute atomic E-state index is 0.0171. The van der Waals surface area contributed by atoms with Crippen molar-refractivity contribution in [2.75, 3.05) is 12.4 Å². The van der Waals surface area contributed by atoms with Crippen molar-refractivity contribution in [3.63, 3.8) is 0 Å². The number of aromatic nitrogens is 1. The summed E-state index contributed by atoms with van der Waals surface area (Å²) >= 11 is 0. The van der Waals surface area contributed by atoms with Gasteiger partial charge in [0.15, 0.2) is 0 Å². The quantitative estimate of drug-likeness (QED) is 0.682. The Hall–Kier alpha value is -3.34. The average molecular weight is 374 g/mol. The molecule has 1 unspecified atom stereocenters. The fourth-order valence-corrected chi connectivity index (χ4v) is 3.73. The van der Waals surface area contributed by atoms with Gasteiger partial charge in [-0.05, 0) is 37.1 Å². The SMILES string of the molecule is COc1ccc(C)c(NC(=O)C2CCn3c(C(=O)c4ccccc4)ccc32)c1. The molecule has 4 rings (SSSR count). The Labute approximate surface area is 163 Å². The van der Waals surface area contributed by atoms with Crippen molar-refractivity contribution in [3.8, 4) is 5.75 Å². The third-order valence-electron chi connectivity index (χ3n) is 5.30. The third-order valence-corrected chi connectivity index (χ3v) is 5.30. The molecule has 2 aromatic carbocycles. The molecule has 142 valence electrons. The highest BCUT2D eigenvalue weighted by Crippen LogP contribution is 2.33. The second kappa shape index (κ2) is 7.35. The first-order valence-corrected chi connectivity index (χ1v) is 9.33. The van der Waals surface area contributed by atoms with Crippen LogP contribution in [0.3, 0.4) is 0 Å². The van der Waals surface area contributed by atoms with E-state index in [9.17, 15) is 9.59 Å². The van der Waals surface area contributed by atoms with E-state index in [0.29, 0.717) is 30.0 Å². The van der Waals surface area contributed by atoms with E-state index in [2.05, 4.69) is 5.32 Å². The second-order valence-electron chi connectivity index (χ2n) is 7.00. The largest absolute Gasteiger partial charge is 0.497 e. The first-order chi connectivity index (χ1) is 13.6. The van der Waals surface area contributed by atoms with E-state index in [1.165, 1.54) is 0 Å². The molecule has 28 heavy (non-hydrogen) atoms. The van der Waals surface area contributed by atoms with E-state index in [0.717, 1.165) is 16.9 Å². The van der Waals surface area contributed by atoms with Gasteiger partial charge in [-0.1, -0.05) is 36.4 Å². The molecule has 1 N–H and O–H groups in total. The van der Waals surface area contributed by atoms with Gasteiger partial charge in [0.1, 0.15) is 5.75 Å². The number of nitrogens with zero attached hydrogens (tertiary/aromatic N) is 1. The first kappa shape index (κ1) is 18.0. The van der Waals surface area contributed by atoms with Gasteiger partial charge in [-0.25, -0.2) is 0 Å². The van der Waals surface area contributed by atoms with E-state index in [1.807, 2.05) is 72.2 Å². The van der Waals surface area contributed by atoms with Gasteiger partial charge in [0.05, 0.1) is 18.7 Å². The summed E-state index contributed by atoms with van der Waals surface area (Å²) in [5.41, 5.74) is 3.90. The summed E-state index contributed by atoms with van der Waals surface area (Å²) in [6.45, 7) is 2.61. The highest BCUT2D eigenvalue weighted by Gasteiger charge is 2.32. The molecule has 0 saturated heterocycles. The van der Waals surface area contributed by atoms with Crippen molar-refractivity contribution in [1.82, 2.24) is 4.57 Å². The summed E-state index contributed by atoms with van der Waals surface area (Å²) in [5, 5.41) is 3.02. The van der Waals surface area contributed by atoms with Gasteiger partial charge in [-0.3, -0.25) is 9.59 Å². The number of hydrogen-bond acceptors (Lipinski definition) is 3. The van der Waals surface area contributed by atoms with Crippen LogP contribution in [0, 0.1) is 6.92 Å². The maximum Gasteiger partial charge on any atom is 0.233 e. The molecule has 0 spiro atoms. The number of hydrogen-bond donors (Lipinski definition) is 1. The average Bonchev–Trinajstić information content (AvgIpc) is 3.32. The van der Waals surface area contributed by atoms with Crippen molar-refractivity contribution in [3.05, 3.63) is 83.2 Å². The molecule has 1 aliphatic heterocycles. The number of nitrogens with one attached hydrogen (secondary N) is 1. The van der Waals surface area contributed by atoms with Gasteiger partial charge in [0.2, 0.25) is 11.7 Å². The molecule has 1 atom stereocenters. The summed E-state index contributed by atoms with van der Waals surface area (Å²) < 4.78 is 7.22. The first-order valence-electron chi connectivity index (χ1n) is 9.33. The molecular weight excluding hydrogens is 352 g/mol. The van der Waals surface area contributed by atoms with Gasteiger partial charge < -0.3 is 14.6 Å². The lowest BCUT2D eigenvalue weighted by Crippen LogP contribution is -2.20. The van der Waals surface area contributed by atoms with Crippen molar-refractivity contribution >= 4 is 17.4 Å². The van der Waals surface area contributed by atoms with Crippen LogP contribution in [0.15, 0.2) is 60.7 Å². The number of benzene rings is 2. The predicted octanol–water partition coefficient (Wildman–Crippen LogP) is 4.16. The fourth-order valence-electron chi connectivity index (χ4n) is 3.73. The lowest BCUT2D eigenvalue weighted by Gasteiger charge is -2.13. The Morgan fingerprint density at radius 3 is 2.61 bits per heavy atom. The number of fused-ring (bicyclic) bond motifs is 1. The Morgan fingerprint density at radius 1 is 1.07 bits per heavy atom. The smallest absolute Gasteiger partial charge is 0.233 e. The number of aryl methyl sites for hydroxylation is 1. The zero-order valence-electron chi connectivity index (χ0n) is 15.9. The van der Waals surface area contributed by atoms with Crippen LogP contribution in [0.4, 0.5) is 5.69 Å². The number of ketones is 1. The van der Waals surface area contributed by atoms with Crippen LogP contribution in [0.25, 0.3) is 0 Å². The Morgan fingerprint density at radius 2 is 1.86 bits per heavy atom. The van der Waals surface area contributed by atoms with Crippen LogP contribution in [0.2, 0.25) is 0 Å². The molecule has 0 aliphatic carbocycles. The van der Waals surface area contributed by atoms with Crippen molar-refractivity contribution in [2.45, 2.75) is 25.8 Å². The number of carbonyl (C=O) groups is 2. The number of anilines is 1. The number of methoxy groups -OCH3 is 1. The molecule has 1 aromatic heterocycles. The van der Waals surface area contributed by atoms with Crippen molar-refractivity contribution in [2.24, 2.45) is 0 Å². The topological polar surface area (TPSA) is 60.3 Å². The normalized spacial score (nSPS) is 15.1. The molecule has 5 nitrogen and oxygen atoms in total. The van der Waals surface area contributed by atoms with E-state index < -0.39 is 0 Å². The molecule has 0 saturated carbocycles. The molecular formula is C23H22N2O3. The standard InChI is InChI=1S/C23H22N2O3/c1-15-8-9-17(28-2)14-19(15)24-23(27)18-12-13-25-20(18)10-11-21(25)22(26)16-6-4-3-5-7-16/h3-11,14,18H,12-13H2,1-2H3,(H,24,27). The van der Waals surface area contributed by atoms with E-state index in [4.69, 9.17) is 4.74 Å². The highest BCUT2D eigenvalue weighted by atomic mass is 16.5. The van der Waals surface area contributed by atoms with Gasteiger partial charge in [0, 0.05) is 29.6 Å². The molecule has 2 heterocycles. The van der Waals surface area contributed by atoms with Crippen molar-refractivity contribution in [1.29, 1.82) is 0 Å². The second-order valence-corrected chi connectivity index (χ2v) is 7.00. The molecule has 3 aromatic rings. The van der Waals surface area contributed by atoms with Gasteiger partial charge >= 0.3 is 0 Å². The maximum absolute atomic E-state index is 12.9. The molecule has 1 aliphatic rings. The Kier molecular flexibility index (Phi) is 4.74. The molecule has 5 heteroatoms. The van der Waals surface area contributed by atoms with E-state index >= 15 is 0 Å². The van der Waals surface area contributed by atoms with Gasteiger partial charge in [-0.2, -0.15) is 0 Å². The minimum Gasteiger partial charge on any atom is -0.497 e. The fraction of sp³-hybridized carbons (Fsp3) is 0.217. The van der Waals surface area contributed by atoms with Crippen LogP contribution >= 0.6 is 0 Å². The molecule has 0 bridgehead atoms. The summed E-state index contributed by atoms with van der Waals surface area (Å²) in [5.74, 6) is 0.345. The minimum atomic E-state index is -0.275. The number of amides is 1. The molecule has 1 amide bonds. The summed E-state index contributed by atoms with van der Waals surface area (Å²) in [4.78, 5) is 25.7. The highest BCUT2D eigenvalue weighted by molar-refractivity contribution is 6.08. The molecule has 0 radical (unpaired) electrons. The van der Waals surface area contributed by atoms with E-state index in [-0.39, 0.29) is 17.6 Å². The monoisotopic (exact) mass is 374 g/mol. The van der Waals surface area contributed by atoms with E-state index in [1.54, 1.807) is 7.11 Å². The Balaban J connectivity index is 1.57. The van der Waals surface area contributed by atoms with Gasteiger partial charge in [-0.15, -0.1) is 0 Å². The van der Waals surface area contributed by atoms with Crippen LogP contribution < -0.4 is 10.1 Å². The molecule has 0 fully saturated rings. The van der Waals surface area contributed by atoms with Crippen LogP contribution in [0.1, 0.15) is 39.6 Å². The number of rotatable bonds is 5. The summed E-state index contributed by atoms with van der Waals surface area (Å²) in [7, 11) is 1.60. The van der Waals surface area contributed by atoms with Crippen LogP contribution in [-0.2, 0) is 11.3 Å². The summed E-state index contributed by atoms with van der Waals surface area (Å²) in [6, 6.07) is 18.6. The van der Waals surface area contributed by atoms with Crippen molar-refractivity contribution < 1.29 is 14.3 Å². The third kappa shape index (κ3) is 3.20. The number of ether oxygens (including phenoxy) is 1.